The number of hydrogen-bond donors (Lipinski definition) is 4. The van der Waals surface area contributed by atoms with Crippen LogP contribution in [0.5, 0.6) is 0 Å². The Balaban J connectivity index is 4.14. The van der Waals surface area contributed by atoms with Crippen LogP contribution in [-0.4, -0.2) is 61.0 Å². The highest BCUT2D eigenvalue weighted by molar-refractivity contribution is 5.86. The second kappa shape index (κ2) is 12.3. The lowest BCUT2D eigenvalue weighted by atomic mass is 9.99. The van der Waals surface area contributed by atoms with Crippen molar-refractivity contribution < 1.29 is 24.5 Å². The van der Waals surface area contributed by atoms with Crippen molar-refractivity contribution in [2.45, 2.75) is 25.8 Å². The number of amides is 2. The third-order valence-electron chi connectivity index (χ3n) is 2.72. The molecule has 0 aromatic rings. The molecular formula is C14H26N2O5. The van der Waals surface area contributed by atoms with E-state index < -0.39 is 5.92 Å². The molecule has 7 nitrogen and oxygen atoms in total. The average molecular weight is 302 g/mol. The predicted molar refractivity (Wildman–Crippen MR) is 78.5 cm³/mol. The Hall–Kier alpha value is -1.44. The van der Waals surface area contributed by atoms with Gasteiger partial charge in [0.2, 0.25) is 11.8 Å². The van der Waals surface area contributed by atoms with E-state index >= 15 is 0 Å². The fourth-order valence-corrected chi connectivity index (χ4v) is 1.62. The smallest absolute Gasteiger partial charge is 0.224 e. The van der Waals surface area contributed by atoms with Gasteiger partial charge in [-0.3, -0.25) is 9.59 Å². The Labute approximate surface area is 125 Å². The van der Waals surface area contributed by atoms with Crippen LogP contribution in [0.2, 0.25) is 0 Å². The van der Waals surface area contributed by atoms with Crippen LogP contribution >= 0.6 is 0 Å². The highest BCUT2D eigenvalue weighted by atomic mass is 16.5. The van der Waals surface area contributed by atoms with Gasteiger partial charge in [-0.05, 0) is 13.3 Å². The largest absolute Gasteiger partial charge is 0.394 e. The first-order valence-electron chi connectivity index (χ1n) is 7.02. The van der Waals surface area contributed by atoms with Crippen LogP contribution in [0.4, 0.5) is 0 Å². The quantitative estimate of drug-likeness (QED) is 0.279. The molecule has 2 amide bonds. The number of carbonyl (C=O) groups excluding carboxylic acids is 2. The average Bonchev–Trinajstić information content (AvgIpc) is 2.46. The van der Waals surface area contributed by atoms with Crippen LogP contribution in [0.1, 0.15) is 19.8 Å². The van der Waals surface area contributed by atoms with E-state index in [4.69, 9.17) is 14.9 Å². The van der Waals surface area contributed by atoms with Crippen molar-refractivity contribution >= 4 is 11.8 Å². The molecule has 21 heavy (non-hydrogen) atoms. The van der Waals surface area contributed by atoms with Gasteiger partial charge in [0, 0.05) is 19.0 Å². The minimum absolute atomic E-state index is 0.0516. The highest BCUT2D eigenvalue weighted by Crippen LogP contribution is 2.10. The van der Waals surface area contributed by atoms with Crippen molar-refractivity contribution in [2.24, 2.45) is 5.92 Å². The molecule has 0 aromatic heterocycles. The van der Waals surface area contributed by atoms with E-state index in [9.17, 15) is 9.59 Å². The van der Waals surface area contributed by atoms with Gasteiger partial charge in [-0.15, -0.1) is 6.58 Å². The molecule has 0 saturated heterocycles. The Bertz CT molecular complexity index is 322. The maximum atomic E-state index is 12.0. The number of hydrogen-bond acceptors (Lipinski definition) is 5. The van der Waals surface area contributed by atoms with Crippen LogP contribution in [0.25, 0.3) is 0 Å². The second-order valence-corrected chi connectivity index (χ2v) is 4.70. The molecule has 0 bridgehead atoms. The van der Waals surface area contributed by atoms with Gasteiger partial charge < -0.3 is 25.6 Å². The van der Waals surface area contributed by atoms with Crippen molar-refractivity contribution in [3.8, 4) is 0 Å². The standard InChI is InChI=1S/C14H26N2O5/c1-3-4-12(14(20)16-11(2)10-18)9-13(19)15-5-7-21-8-6-17/h3,11-12,17-18H,1,4-10H2,2H3,(H,15,19)(H,16,20)/t11-,12+/m0/s1. The zero-order valence-corrected chi connectivity index (χ0v) is 12.5. The van der Waals surface area contributed by atoms with E-state index in [1.807, 2.05) is 0 Å². The van der Waals surface area contributed by atoms with E-state index in [0.29, 0.717) is 19.6 Å². The maximum Gasteiger partial charge on any atom is 0.224 e. The third kappa shape index (κ3) is 10.0. The lowest BCUT2D eigenvalue weighted by Gasteiger charge is -2.18. The summed E-state index contributed by atoms with van der Waals surface area (Å²) in [7, 11) is 0. The number of aliphatic hydroxyl groups excluding tert-OH is 2. The zero-order valence-electron chi connectivity index (χ0n) is 12.5. The van der Waals surface area contributed by atoms with Gasteiger partial charge in [-0.1, -0.05) is 6.08 Å². The molecule has 0 radical (unpaired) electrons. The van der Waals surface area contributed by atoms with Gasteiger partial charge in [-0.25, -0.2) is 0 Å². The zero-order chi connectivity index (χ0) is 16.1. The molecule has 0 aromatic carbocycles. The van der Waals surface area contributed by atoms with Gasteiger partial charge in [-0.2, -0.15) is 0 Å². The number of ether oxygens (including phenoxy) is 1. The molecule has 2 atom stereocenters. The Kier molecular flexibility index (Phi) is 11.5. The topological polar surface area (TPSA) is 108 Å². The first kappa shape index (κ1) is 19.6. The van der Waals surface area contributed by atoms with E-state index in [2.05, 4.69) is 17.2 Å². The Morgan fingerprint density at radius 2 is 2.05 bits per heavy atom. The summed E-state index contributed by atoms with van der Waals surface area (Å²) < 4.78 is 5.01. The summed E-state index contributed by atoms with van der Waals surface area (Å²) in [5.41, 5.74) is 0. The molecular weight excluding hydrogens is 276 g/mol. The van der Waals surface area contributed by atoms with Crippen LogP contribution in [0.15, 0.2) is 12.7 Å². The fraction of sp³-hybridized carbons (Fsp3) is 0.714. The summed E-state index contributed by atoms with van der Waals surface area (Å²) in [6.07, 6.45) is 2.03. The van der Waals surface area contributed by atoms with Gasteiger partial charge in [0.1, 0.15) is 0 Å². The predicted octanol–water partition coefficient (Wildman–Crippen LogP) is -0.809. The van der Waals surface area contributed by atoms with Gasteiger partial charge >= 0.3 is 0 Å². The summed E-state index contributed by atoms with van der Waals surface area (Å²) in [6.45, 7) is 5.93. The molecule has 0 saturated carbocycles. The molecule has 0 fully saturated rings. The van der Waals surface area contributed by atoms with Gasteiger partial charge in [0.15, 0.2) is 0 Å². The first-order chi connectivity index (χ1) is 10.0. The summed E-state index contributed by atoms with van der Waals surface area (Å²) in [4.78, 5) is 23.7. The number of carbonyl (C=O) groups is 2. The van der Waals surface area contributed by atoms with Crippen molar-refractivity contribution in [3.05, 3.63) is 12.7 Å². The number of aliphatic hydroxyl groups is 2. The fourth-order valence-electron chi connectivity index (χ4n) is 1.62. The van der Waals surface area contributed by atoms with Crippen molar-refractivity contribution in [3.63, 3.8) is 0 Å². The first-order valence-corrected chi connectivity index (χ1v) is 7.02. The molecule has 0 aliphatic rings. The minimum atomic E-state index is -0.505. The molecule has 7 heteroatoms. The van der Waals surface area contributed by atoms with Gasteiger partial charge in [0.05, 0.1) is 32.3 Å². The third-order valence-corrected chi connectivity index (χ3v) is 2.72. The van der Waals surface area contributed by atoms with E-state index in [1.165, 1.54) is 0 Å². The van der Waals surface area contributed by atoms with Gasteiger partial charge in [0.25, 0.3) is 0 Å². The number of allylic oxidation sites excluding steroid dienone is 1. The lowest BCUT2D eigenvalue weighted by molar-refractivity contribution is -0.130. The van der Waals surface area contributed by atoms with E-state index in [0.717, 1.165) is 0 Å². The van der Waals surface area contributed by atoms with Crippen LogP contribution in [-0.2, 0) is 14.3 Å². The Morgan fingerprint density at radius 3 is 2.62 bits per heavy atom. The Morgan fingerprint density at radius 1 is 1.33 bits per heavy atom. The monoisotopic (exact) mass is 302 g/mol. The summed E-state index contributed by atoms with van der Waals surface area (Å²) >= 11 is 0. The normalized spacial score (nSPS) is 13.3. The maximum absolute atomic E-state index is 12.0. The van der Waals surface area contributed by atoms with E-state index in [1.54, 1.807) is 13.0 Å². The van der Waals surface area contributed by atoms with Crippen molar-refractivity contribution in [2.75, 3.05) is 33.0 Å². The molecule has 4 N–H and O–H groups in total. The highest BCUT2D eigenvalue weighted by Gasteiger charge is 2.21. The van der Waals surface area contributed by atoms with Crippen LogP contribution in [0, 0.1) is 5.92 Å². The molecule has 0 heterocycles. The van der Waals surface area contributed by atoms with Crippen molar-refractivity contribution in [1.29, 1.82) is 0 Å². The van der Waals surface area contributed by atoms with Crippen LogP contribution < -0.4 is 10.6 Å². The number of rotatable bonds is 12. The molecule has 122 valence electrons. The molecule has 0 aliphatic carbocycles. The molecule has 0 aliphatic heterocycles. The second-order valence-electron chi connectivity index (χ2n) is 4.70. The molecule has 0 unspecified atom stereocenters. The number of nitrogens with one attached hydrogen (secondary N) is 2. The molecule has 0 spiro atoms. The SMILES string of the molecule is C=CC[C@H](CC(=O)NCCOCCO)C(=O)N[C@@H](C)CO. The summed E-state index contributed by atoms with van der Waals surface area (Å²) in [5, 5.41) is 22.7. The lowest BCUT2D eigenvalue weighted by Crippen LogP contribution is -2.41. The summed E-state index contributed by atoms with van der Waals surface area (Å²) in [5.74, 6) is -1.03. The summed E-state index contributed by atoms with van der Waals surface area (Å²) in [6, 6.07) is -0.347. The van der Waals surface area contributed by atoms with E-state index in [-0.39, 0.29) is 44.1 Å². The van der Waals surface area contributed by atoms with Crippen molar-refractivity contribution in [1.82, 2.24) is 10.6 Å². The van der Waals surface area contributed by atoms with Crippen LogP contribution in [0.3, 0.4) is 0 Å². The molecule has 0 rings (SSSR count). The minimum Gasteiger partial charge on any atom is -0.394 e.